The molecule has 5 aromatic rings. The number of hydrogen-bond acceptors (Lipinski definition) is 7. The van der Waals surface area contributed by atoms with Gasteiger partial charge < -0.3 is 23.0 Å². The highest BCUT2D eigenvalue weighted by Gasteiger charge is 2.38. The fourth-order valence-electron chi connectivity index (χ4n) is 3.99. The normalized spacial score (nSPS) is 11.3. The number of benzene rings is 5. The first-order valence-electron chi connectivity index (χ1n) is 13.0. The lowest BCUT2D eigenvalue weighted by Crippen LogP contribution is -2.30. The quantitative estimate of drug-likeness (QED) is 0.128. The first-order valence-corrected chi connectivity index (χ1v) is 16.4. The zero-order chi connectivity index (χ0) is 28.4. The van der Waals surface area contributed by atoms with E-state index in [-0.39, 0.29) is 12.6 Å². The van der Waals surface area contributed by atoms with Crippen LogP contribution in [0.5, 0.6) is 23.0 Å². The van der Waals surface area contributed by atoms with Crippen LogP contribution in [0.3, 0.4) is 0 Å². The van der Waals surface area contributed by atoms with E-state index in [2.05, 4.69) is 0 Å². The molecule has 5 rings (SSSR count). The maximum Gasteiger partial charge on any atom is 0.449 e. The summed E-state index contributed by atoms with van der Waals surface area (Å²) in [4.78, 5) is 1.65. The van der Waals surface area contributed by atoms with Crippen LogP contribution in [0, 0.1) is 0 Å². The Bertz CT molecular complexity index is 1400. The summed E-state index contributed by atoms with van der Waals surface area (Å²) in [6.45, 7) is 0. The molecule has 0 spiro atoms. The number of nitrogens with zero attached hydrogens (tertiary/aromatic N) is 1. The molecule has 0 aliphatic rings. The molecule has 0 bridgehead atoms. The molecule has 0 radical (unpaired) electrons. The van der Waals surface area contributed by atoms with E-state index in [4.69, 9.17) is 18.1 Å². The molecule has 0 unspecified atom stereocenters. The highest BCUT2D eigenvalue weighted by Crippen LogP contribution is 2.54. The van der Waals surface area contributed by atoms with Gasteiger partial charge in [0.25, 0.3) is 0 Å². The number of anilines is 1. The minimum absolute atomic E-state index is 0.249. The molecule has 0 aromatic heterocycles. The van der Waals surface area contributed by atoms with Crippen LogP contribution in [-0.2, 0) is 9.13 Å². The van der Waals surface area contributed by atoms with Crippen molar-refractivity contribution in [2.45, 2.75) is 0 Å². The molecular formula is C32H29NO6P2. The Morgan fingerprint density at radius 3 is 0.902 bits per heavy atom. The second-order valence-electron chi connectivity index (χ2n) is 9.00. The second kappa shape index (κ2) is 13.3. The van der Waals surface area contributed by atoms with Crippen molar-refractivity contribution in [1.82, 2.24) is 0 Å². The third-order valence-corrected chi connectivity index (χ3v) is 9.09. The van der Waals surface area contributed by atoms with Gasteiger partial charge in [0, 0.05) is 5.69 Å². The lowest BCUT2D eigenvalue weighted by Gasteiger charge is -2.31. The summed E-state index contributed by atoms with van der Waals surface area (Å²) in [5, 5.41) is 0. The van der Waals surface area contributed by atoms with Crippen LogP contribution in [0.2, 0.25) is 0 Å². The Kier molecular flexibility index (Phi) is 9.10. The SMILES string of the molecule is O=P(CN(CP(=O)(Oc1ccccc1)Oc1ccccc1)c1ccccc1)(Oc1ccccc1)Oc1ccccc1. The Morgan fingerprint density at radius 2 is 0.634 bits per heavy atom. The molecule has 9 heteroatoms. The average molecular weight is 586 g/mol. The van der Waals surface area contributed by atoms with Crippen molar-refractivity contribution in [3.05, 3.63) is 152 Å². The lowest BCUT2D eigenvalue weighted by atomic mass is 10.3. The first kappa shape index (κ1) is 28.1. The summed E-state index contributed by atoms with van der Waals surface area (Å²) in [5.74, 6) is 1.51. The molecule has 5 aromatic carbocycles. The van der Waals surface area contributed by atoms with E-state index >= 15 is 0 Å². The van der Waals surface area contributed by atoms with Gasteiger partial charge in [0.15, 0.2) is 0 Å². The van der Waals surface area contributed by atoms with E-state index in [1.807, 2.05) is 54.6 Å². The molecule has 7 nitrogen and oxygen atoms in total. The van der Waals surface area contributed by atoms with Crippen LogP contribution >= 0.6 is 15.2 Å². The molecule has 0 saturated heterocycles. The first-order chi connectivity index (χ1) is 20.0. The molecule has 0 atom stereocenters. The molecule has 0 saturated carbocycles. The summed E-state index contributed by atoms with van der Waals surface area (Å²) in [6.07, 6.45) is -0.498. The Morgan fingerprint density at radius 1 is 0.390 bits per heavy atom. The number of para-hydroxylation sites is 5. The van der Waals surface area contributed by atoms with Gasteiger partial charge in [-0.2, -0.15) is 0 Å². The number of rotatable bonds is 13. The van der Waals surface area contributed by atoms with Gasteiger partial charge in [0.05, 0.1) is 0 Å². The standard InChI is InChI=1S/C32H29NO6P2/c34-40(36-29-18-8-2-9-19-29,37-30-20-10-3-11-21-30)26-33(28-16-6-1-7-17-28)27-41(35,38-31-22-12-4-13-23-31)39-32-24-14-5-15-25-32/h1-25H,26-27H2. The van der Waals surface area contributed by atoms with E-state index in [1.54, 1.807) is 102 Å². The van der Waals surface area contributed by atoms with Crippen molar-refractivity contribution < 1.29 is 27.2 Å². The monoisotopic (exact) mass is 585 g/mol. The van der Waals surface area contributed by atoms with E-state index in [0.717, 1.165) is 0 Å². The van der Waals surface area contributed by atoms with Crippen LogP contribution in [0.1, 0.15) is 0 Å². The molecule has 0 aliphatic heterocycles. The fraction of sp³-hybridized carbons (Fsp3) is 0.0625. The lowest BCUT2D eigenvalue weighted by molar-refractivity contribution is 0.379. The van der Waals surface area contributed by atoms with Crippen LogP contribution in [-0.4, -0.2) is 12.6 Å². The Balaban J connectivity index is 1.52. The summed E-state index contributed by atoms with van der Waals surface area (Å²) in [7, 11) is -7.88. The van der Waals surface area contributed by atoms with E-state index in [9.17, 15) is 9.13 Å². The summed E-state index contributed by atoms with van der Waals surface area (Å²) in [5.41, 5.74) is 0.634. The predicted molar refractivity (Wildman–Crippen MR) is 162 cm³/mol. The maximum atomic E-state index is 14.5. The Hall–Kier alpha value is -4.44. The molecule has 208 valence electrons. The molecule has 0 N–H and O–H groups in total. The average Bonchev–Trinajstić information content (AvgIpc) is 2.99. The second-order valence-corrected chi connectivity index (χ2v) is 12.7. The molecule has 0 amide bonds. The molecule has 0 fully saturated rings. The van der Waals surface area contributed by atoms with Crippen molar-refractivity contribution in [1.29, 1.82) is 0 Å². The topological polar surface area (TPSA) is 74.3 Å². The van der Waals surface area contributed by atoms with E-state index in [0.29, 0.717) is 28.7 Å². The third-order valence-electron chi connectivity index (χ3n) is 5.76. The van der Waals surface area contributed by atoms with E-state index in [1.165, 1.54) is 0 Å². The summed E-state index contributed by atoms with van der Waals surface area (Å²) < 4.78 is 53.1. The predicted octanol–water partition coefficient (Wildman–Crippen LogP) is 9.11. The van der Waals surface area contributed by atoms with Crippen molar-refractivity contribution >= 4 is 20.9 Å². The van der Waals surface area contributed by atoms with Crippen LogP contribution < -0.4 is 23.0 Å². The van der Waals surface area contributed by atoms with Gasteiger partial charge in [0.1, 0.15) is 35.6 Å². The fourth-order valence-corrected chi connectivity index (χ4v) is 7.58. The molecule has 0 heterocycles. The summed E-state index contributed by atoms with van der Waals surface area (Å²) >= 11 is 0. The smallest absolute Gasteiger partial charge is 0.415 e. The van der Waals surface area contributed by atoms with Crippen LogP contribution in [0.4, 0.5) is 5.69 Å². The number of hydrogen-bond donors (Lipinski definition) is 0. The van der Waals surface area contributed by atoms with Crippen molar-refractivity contribution in [2.75, 3.05) is 17.5 Å². The minimum atomic E-state index is -3.94. The third kappa shape index (κ3) is 8.28. The highest BCUT2D eigenvalue weighted by molar-refractivity contribution is 7.56. The molecule has 0 aliphatic carbocycles. The van der Waals surface area contributed by atoms with Gasteiger partial charge >= 0.3 is 15.2 Å². The van der Waals surface area contributed by atoms with Gasteiger partial charge in [0.2, 0.25) is 0 Å². The van der Waals surface area contributed by atoms with Gasteiger partial charge in [-0.25, -0.2) is 9.13 Å². The van der Waals surface area contributed by atoms with Crippen molar-refractivity contribution in [2.24, 2.45) is 0 Å². The largest absolute Gasteiger partial charge is 0.449 e. The summed E-state index contributed by atoms with van der Waals surface area (Å²) in [6, 6.07) is 44.4. The molecule has 41 heavy (non-hydrogen) atoms. The van der Waals surface area contributed by atoms with Gasteiger partial charge in [-0.3, -0.25) is 0 Å². The molecular weight excluding hydrogens is 556 g/mol. The zero-order valence-electron chi connectivity index (χ0n) is 22.1. The minimum Gasteiger partial charge on any atom is -0.415 e. The van der Waals surface area contributed by atoms with Crippen LogP contribution in [0.15, 0.2) is 152 Å². The van der Waals surface area contributed by atoms with Crippen molar-refractivity contribution in [3.63, 3.8) is 0 Å². The van der Waals surface area contributed by atoms with Gasteiger partial charge in [-0.1, -0.05) is 91.0 Å². The van der Waals surface area contributed by atoms with Crippen LogP contribution in [0.25, 0.3) is 0 Å². The zero-order valence-corrected chi connectivity index (χ0v) is 23.9. The Labute approximate surface area is 240 Å². The van der Waals surface area contributed by atoms with Gasteiger partial charge in [-0.05, 0) is 60.7 Å². The highest BCUT2D eigenvalue weighted by atomic mass is 31.2. The van der Waals surface area contributed by atoms with Crippen molar-refractivity contribution in [3.8, 4) is 23.0 Å². The maximum absolute atomic E-state index is 14.5. The van der Waals surface area contributed by atoms with E-state index < -0.39 is 15.2 Å². The van der Waals surface area contributed by atoms with Gasteiger partial charge in [-0.15, -0.1) is 0 Å².